The molecule has 0 spiro atoms. The van der Waals surface area contributed by atoms with Gasteiger partial charge < -0.3 is 4.74 Å². The number of ether oxygens (including phenoxy) is 1. The fourth-order valence-corrected chi connectivity index (χ4v) is 3.06. The lowest BCUT2D eigenvalue weighted by Gasteiger charge is -2.09. The lowest BCUT2D eigenvalue weighted by atomic mass is 10.2. The third-order valence-corrected chi connectivity index (χ3v) is 4.61. The maximum atomic E-state index is 11.2. The second-order valence-corrected chi connectivity index (χ2v) is 7.84. The molecule has 0 N–H and O–H groups in total. The van der Waals surface area contributed by atoms with Crippen LogP contribution in [0.4, 0.5) is 0 Å². The molecule has 2 rings (SSSR count). The first-order valence-electron chi connectivity index (χ1n) is 5.48. The van der Waals surface area contributed by atoms with E-state index in [1.165, 1.54) is 18.2 Å². The molecule has 0 aliphatic heterocycles. The summed E-state index contributed by atoms with van der Waals surface area (Å²) in [4.78, 5) is -0.0565. The van der Waals surface area contributed by atoms with Crippen LogP contribution < -0.4 is 4.74 Å². The number of rotatable bonds is 4. The molecule has 0 amide bonds. The SMILES string of the molecule is O=S(=O)(Cl)c1ccc(OCc2cccc(Br)c2)c(Cl)c1. The highest BCUT2D eigenvalue weighted by Crippen LogP contribution is 2.29. The van der Waals surface area contributed by atoms with Gasteiger partial charge in [-0.1, -0.05) is 39.7 Å². The maximum absolute atomic E-state index is 11.2. The first-order chi connectivity index (χ1) is 9.36. The molecule has 0 bridgehead atoms. The molecule has 0 aromatic heterocycles. The summed E-state index contributed by atoms with van der Waals surface area (Å²) >= 11 is 9.35. The number of halogens is 3. The molecule has 106 valence electrons. The molecule has 3 nitrogen and oxygen atoms in total. The second kappa shape index (κ2) is 6.35. The Kier molecular flexibility index (Phi) is 4.96. The Morgan fingerprint density at radius 2 is 1.90 bits per heavy atom. The molecule has 0 saturated carbocycles. The summed E-state index contributed by atoms with van der Waals surface area (Å²) in [5.41, 5.74) is 0.962. The summed E-state index contributed by atoms with van der Waals surface area (Å²) in [7, 11) is 1.45. The van der Waals surface area contributed by atoms with Crippen LogP contribution in [0.2, 0.25) is 5.02 Å². The highest BCUT2D eigenvalue weighted by molar-refractivity contribution is 9.10. The highest BCUT2D eigenvalue weighted by atomic mass is 79.9. The predicted octanol–water partition coefficient (Wildman–Crippen LogP) is 4.61. The Labute approximate surface area is 135 Å². The van der Waals surface area contributed by atoms with Crippen LogP contribution in [-0.4, -0.2) is 8.42 Å². The van der Waals surface area contributed by atoms with Crippen molar-refractivity contribution in [3.8, 4) is 5.75 Å². The average molecular weight is 396 g/mol. The number of benzene rings is 2. The van der Waals surface area contributed by atoms with Crippen LogP contribution in [0.5, 0.6) is 5.75 Å². The summed E-state index contributed by atoms with van der Waals surface area (Å²) in [5, 5.41) is 0.196. The number of hydrogen-bond donors (Lipinski definition) is 0. The van der Waals surface area contributed by atoms with Crippen molar-refractivity contribution < 1.29 is 13.2 Å². The van der Waals surface area contributed by atoms with Gasteiger partial charge in [-0.05, 0) is 35.9 Å². The van der Waals surface area contributed by atoms with Crippen molar-refractivity contribution in [2.45, 2.75) is 11.5 Å². The lowest BCUT2D eigenvalue weighted by molar-refractivity contribution is 0.306. The molecule has 0 atom stereocenters. The van der Waals surface area contributed by atoms with Crippen LogP contribution in [0.15, 0.2) is 51.8 Å². The number of hydrogen-bond acceptors (Lipinski definition) is 3. The van der Waals surface area contributed by atoms with Crippen molar-refractivity contribution in [1.82, 2.24) is 0 Å². The standard InChI is InChI=1S/C13H9BrCl2O3S/c14-10-3-1-2-9(6-10)8-19-13-5-4-11(7-12(13)15)20(16,17)18/h1-7H,8H2. The second-order valence-electron chi connectivity index (χ2n) is 3.95. The molecule has 0 fully saturated rings. The minimum absolute atomic E-state index is 0.0565. The van der Waals surface area contributed by atoms with E-state index in [1.54, 1.807) is 0 Å². The molecule has 0 radical (unpaired) electrons. The van der Waals surface area contributed by atoms with E-state index in [9.17, 15) is 8.42 Å². The van der Waals surface area contributed by atoms with Crippen LogP contribution in [-0.2, 0) is 15.7 Å². The molecule has 2 aromatic rings. The fourth-order valence-electron chi connectivity index (χ4n) is 1.54. The Morgan fingerprint density at radius 3 is 2.50 bits per heavy atom. The van der Waals surface area contributed by atoms with Gasteiger partial charge in [-0.15, -0.1) is 0 Å². The van der Waals surface area contributed by atoms with Gasteiger partial charge in [0.05, 0.1) is 9.92 Å². The van der Waals surface area contributed by atoms with E-state index in [1.807, 2.05) is 24.3 Å². The van der Waals surface area contributed by atoms with Crippen molar-refractivity contribution >= 4 is 47.3 Å². The predicted molar refractivity (Wildman–Crippen MR) is 83.0 cm³/mol. The van der Waals surface area contributed by atoms with Gasteiger partial charge in [0.2, 0.25) is 0 Å². The van der Waals surface area contributed by atoms with Crippen molar-refractivity contribution in [3.63, 3.8) is 0 Å². The Balaban J connectivity index is 2.15. The van der Waals surface area contributed by atoms with Gasteiger partial charge >= 0.3 is 0 Å². The normalized spacial score (nSPS) is 11.3. The zero-order valence-electron chi connectivity index (χ0n) is 10.0. The Morgan fingerprint density at radius 1 is 1.15 bits per heavy atom. The van der Waals surface area contributed by atoms with Crippen LogP contribution in [0.25, 0.3) is 0 Å². The van der Waals surface area contributed by atoms with Gasteiger partial charge in [0.15, 0.2) is 0 Å². The molecule has 0 unspecified atom stereocenters. The summed E-state index contributed by atoms with van der Waals surface area (Å²) in [6.07, 6.45) is 0. The fraction of sp³-hybridized carbons (Fsp3) is 0.0769. The maximum Gasteiger partial charge on any atom is 0.261 e. The largest absolute Gasteiger partial charge is 0.487 e. The monoisotopic (exact) mass is 394 g/mol. The van der Waals surface area contributed by atoms with E-state index < -0.39 is 9.05 Å². The smallest absolute Gasteiger partial charge is 0.261 e. The van der Waals surface area contributed by atoms with E-state index in [-0.39, 0.29) is 9.92 Å². The van der Waals surface area contributed by atoms with Crippen LogP contribution >= 0.6 is 38.2 Å². The summed E-state index contributed by atoms with van der Waals surface area (Å²) in [5.74, 6) is 0.399. The van der Waals surface area contributed by atoms with E-state index in [4.69, 9.17) is 27.0 Å². The summed E-state index contributed by atoms with van der Waals surface area (Å²) in [6.45, 7) is 0.326. The molecule has 0 heterocycles. The third kappa shape index (κ3) is 4.12. The molecule has 20 heavy (non-hydrogen) atoms. The molecule has 2 aromatic carbocycles. The Bertz CT molecular complexity index is 732. The van der Waals surface area contributed by atoms with E-state index in [0.29, 0.717) is 12.4 Å². The van der Waals surface area contributed by atoms with Crippen molar-refractivity contribution in [2.24, 2.45) is 0 Å². The van der Waals surface area contributed by atoms with Gasteiger partial charge in [0.25, 0.3) is 9.05 Å². The van der Waals surface area contributed by atoms with Gasteiger partial charge in [0, 0.05) is 15.2 Å². The van der Waals surface area contributed by atoms with E-state index in [0.717, 1.165) is 10.0 Å². The molecular formula is C13H9BrCl2O3S. The van der Waals surface area contributed by atoms with Gasteiger partial charge in [-0.3, -0.25) is 0 Å². The van der Waals surface area contributed by atoms with E-state index in [2.05, 4.69) is 15.9 Å². The molecular weight excluding hydrogens is 387 g/mol. The minimum atomic E-state index is -3.79. The van der Waals surface area contributed by atoms with Crippen molar-refractivity contribution in [2.75, 3.05) is 0 Å². The summed E-state index contributed by atoms with van der Waals surface area (Å²) < 4.78 is 28.9. The van der Waals surface area contributed by atoms with Gasteiger partial charge in [0.1, 0.15) is 12.4 Å². The lowest BCUT2D eigenvalue weighted by Crippen LogP contribution is -1.97. The average Bonchev–Trinajstić information content (AvgIpc) is 2.36. The van der Waals surface area contributed by atoms with Crippen molar-refractivity contribution in [3.05, 3.63) is 57.5 Å². The highest BCUT2D eigenvalue weighted by Gasteiger charge is 2.12. The van der Waals surface area contributed by atoms with Gasteiger partial charge in [-0.25, -0.2) is 8.42 Å². The van der Waals surface area contributed by atoms with E-state index >= 15 is 0 Å². The minimum Gasteiger partial charge on any atom is -0.487 e. The first kappa shape index (κ1) is 15.6. The zero-order chi connectivity index (χ0) is 14.8. The first-order valence-corrected chi connectivity index (χ1v) is 8.96. The van der Waals surface area contributed by atoms with Crippen molar-refractivity contribution in [1.29, 1.82) is 0 Å². The summed E-state index contributed by atoms with van der Waals surface area (Å²) in [6, 6.07) is 11.7. The molecule has 7 heteroatoms. The zero-order valence-corrected chi connectivity index (χ0v) is 13.9. The molecule has 0 aliphatic carbocycles. The van der Waals surface area contributed by atoms with Crippen LogP contribution in [0.3, 0.4) is 0 Å². The molecule has 0 aliphatic rings. The third-order valence-electron chi connectivity index (χ3n) is 2.47. The van der Waals surface area contributed by atoms with Gasteiger partial charge in [-0.2, -0.15) is 0 Å². The van der Waals surface area contributed by atoms with Crippen LogP contribution in [0.1, 0.15) is 5.56 Å². The van der Waals surface area contributed by atoms with Crippen LogP contribution in [0, 0.1) is 0 Å². The quantitative estimate of drug-likeness (QED) is 0.710. The topological polar surface area (TPSA) is 43.4 Å². The molecule has 0 saturated heterocycles. The Hall–Kier alpha value is -0.750.